The Hall–Kier alpha value is -2.78. The Balaban J connectivity index is 1.48. The number of aryl methyl sites for hydroxylation is 1. The molecule has 8 nitrogen and oxygen atoms in total. The van der Waals surface area contributed by atoms with Crippen molar-refractivity contribution < 1.29 is 18.1 Å². The first-order valence-corrected chi connectivity index (χ1v) is 11.4. The summed E-state index contributed by atoms with van der Waals surface area (Å²) in [6.07, 6.45) is 3.62. The maximum atomic E-state index is 12.7. The van der Waals surface area contributed by atoms with E-state index in [1.807, 2.05) is 0 Å². The number of benzene rings is 2. The third-order valence-corrected chi connectivity index (χ3v) is 7.07. The second-order valence-corrected chi connectivity index (χ2v) is 9.25. The molecule has 160 valence electrons. The summed E-state index contributed by atoms with van der Waals surface area (Å²) in [4.78, 5) is 22.6. The summed E-state index contributed by atoms with van der Waals surface area (Å²) in [5, 5.41) is 13.4. The molecular formula is C21H25N3O5S. The summed E-state index contributed by atoms with van der Waals surface area (Å²) in [6, 6.07) is 12.7. The molecule has 1 aliphatic rings. The number of nitrogens with one attached hydrogen (secondary N) is 1. The molecule has 2 aromatic rings. The second kappa shape index (κ2) is 9.82. The number of nitro groups is 1. The van der Waals surface area contributed by atoms with Gasteiger partial charge in [-0.05, 0) is 42.5 Å². The van der Waals surface area contributed by atoms with Crippen LogP contribution in [-0.4, -0.2) is 36.6 Å². The number of amides is 1. The SMILES string of the molecule is O=C(CCc1ccc(S(=O)(=O)N2CCCCC2)cc1)NCc1ccc([N+](=O)[O-])cc1. The largest absolute Gasteiger partial charge is 0.352 e. The number of piperidine rings is 1. The molecule has 0 unspecified atom stereocenters. The Morgan fingerprint density at radius 2 is 1.57 bits per heavy atom. The Labute approximate surface area is 176 Å². The third kappa shape index (κ3) is 5.64. The van der Waals surface area contributed by atoms with E-state index in [9.17, 15) is 23.3 Å². The minimum atomic E-state index is -3.45. The zero-order chi connectivity index (χ0) is 21.6. The first-order valence-electron chi connectivity index (χ1n) is 9.95. The van der Waals surface area contributed by atoms with Gasteiger partial charge in [0, 0.05) is 38.2 Å². The summed E-state index contributed by atoms with van der Waals surface area (Å²) < 4.78 is 26.9. The van der Waals surface area contributed by atoms with Crippen molar-refractivity contribution in [3.8, 4) is 0 Å². The lowest BCUT2D eigenvalue weighted by molar-refractivity contribution is -0.384. The van der Waals surface area contributed by atoms with E-state index in [1.54, 1.807) is 36.4 Å². The van der Waals surface area contributed by atoms with Crippen LogP contribution in [0.3, 0.4) is 0 Å². The molecule has 1 heterocycles. The quantitative estimate of drug-likeness (QED) is 0.510. The van der Waals surface area contributed by atoms with Gasteiger partial charge in [-0.15, -0.1) is 0 Å². The van der Waals surface area contributed by atoms with E-state index in [-0.39, 0.29) is 22.9 Å². The fraction of sp³-hybridized carbons (Fsp3) is 0.381. The highest BCUT2D eigenvalue weighted by molar-refractivity contribution is 7.89. The molecule has 9 heteroatoms. The maximum Gasteiger partial charge on any atom is 0.269 e. The zero-order valence-corrected chi connectivity index (χ0v) is 17.4. The second-order valence-electron chi connectivity index (χ2n) is 7.31. The van der Waals surface area contributed by atoms with E-state index in [1.165, 1.54) is 16.4 Å². The van der Waals surface area contributed by atoms with Crippen LogP contribution < -0.4 is 5.32 Å². The molecule has 0 aromatic heterocycles. The minimum absolute atomic E-state index is 0.0100. The third-order valence-electron chi connectivity index (χ3n) is 5.15. The standard InChI is InChI=1S/C21H25N3O5S/c25-21(22-16-18-4-9-19(10-5-18)24(26)27)13-8-17-6-11-20(12-7-17)30(28,29)23-14-2-1-3-15-23/h4-7,9-12H,1-3,8,13-16H2,(H,22,25). The number of nitro benzene ring substituents is 1. The van der Waals surface area contributed by atoms with E-state index >= 15 is 0 Å². The molecule has 2 aromatic carbocycles. The highest BCUT2D eigenvalue weighted by Gasteiger charge is 2.25. The van der Waals surface area contributed by atoms with Gasteiger partial charge in [-0.2, -0.15) is 4.31 Å². The Bertz CT molecular complexity index is 982. The van der Waals surface area contributed by atoms with Crippen LogP contribution in [0.5, 0.6) is 0 Å². The average Bonchev–Trinajstić information content (AvgIpc) is 2.77. The molecule has 30 heavy (non-hydrogen) atoms. The van der Waals surface area contributed by atoms with Crippen molar-refractivity contribution in [2.24, 2.45) is 0 Å². The van der Waals surface area contributed by atoms with Crippen molar-refractivity contribution in [1.82, 2.24) is 9.62 Å². The monoisotopic (exact) mass is 431 g/mol. The Morgan fingerprint density at radius 3 is 2.17 bits per heavy atom. The first-order chi connectivity index (χ1) is 14.4. The highest BCUT2D eigenvalue weighted by Crippen LogP contribution is 2.21. The number of carbonyl (C=O) groups excluding carboxylic acids is 1. The van der Waals surface area contributed by atoms with Gasteiger partial charge < -0.3 is 5.32 Å². The van der Waals surface area contributed by atoms with Crippen molar-refractivity contribution in [2.45, 2.75) is 43.5 Å². The normalized spacial score (nSPS) is 14.9. The molecule has 1 N–H and O–H groups in total. The molecule has 3 rings (SSSR count). The van der Waals surface area contributed by atoms with E-state index < -0.39 is 14.9 Å². The summed E-state index contributed by atoms with van der Waals surface area (Å²) in [7, 11) is -3.45. The van der Waals surface area contributed by atoms with Gasteiger partial charge in [-0.3, -0.25) is 14.9 Å². The summed E-state index contributed by atoms with van der Waals surface area (Å²) in [6.45, 7) is 1.43. The van der Waals surface area contributed by atoms with Crippen LogP contribution in [0.25, 0.3) is 0 Å². The number of sulfonamides is 1. The lowest BCUT2D eigenvalue weighted by Crippen LogP contribution is -2.35. The van der Waals surface area contributed by atoms with E-state index in [2.05, 4.69) is 5.32 Å². The van der Waals surface area contributed by atoms with Crippen molar-refractivity contribution in [1.29, 1.82) is 0 Å². The van der Waals surface area contributed by atoms with Crippen molar-refractivity contribution in [3.63, 3.8) is 0 Å². The molecule has 0 atom stereocenters. The number of hydrogen-bond donors (Lipinski definition) is 1. The zero-order valence-electron chi connectivity index (χ0n) is 16.6. The predicted molar refractivity (Wildman–Crippen MR) is 112 cm³/mol. The molecule has 0 spiro atoms. The van der Waals surface area contributed by atoms with Gasteiger partial charge in [0.05, 0.1) is 9.82 Å². The lowest BCUT2D eigenvalue weighted by Gasteiger charge is -2.25. The smallest absolute Gasteiger partial charge is 0.269 e. The van der Waals surface area contributed by atoms with Gasteiger partial charge in [0.25, 0.3) is 5.69 Å². The van der Waals surface area contributed by atoms with Gasteiger partial charge in [0.15, 0.2) is 0 Å². The van der Waals surface area contributed by atoms with Gasteiger partial charge in [0.2, 0.25) is 15.9 Å². The minimum Gasteiger partial charge on any atom is -0.352 e. The number of hydrogen-bond acceptors (Lipinski definition) is 5. The molecule has 1 amide bonds. The molecular weight excluding hydrogens is 406 g/mol. The summed E-state index contributed by atoms with van der Waals surface area (Å²) >= 11 is 0. The fourth-order valence-corrected chi connectivity index (χ4v) is 4.88. The average molecular weight is 432 g/mol. The van der Waals surface area contributed by atoms with Gasteiger partial charge in [-0.1, -0.05) is 30.7 Å². The van der Waals surface area contributed by atoms with E-state index in [0.29, 0.717) is 26.1 Å². The molecule has 0 bridgehead atoms. The van der Waals surface area contributed by atoms with Gasteiger partial charge >= 0.3 is 0 Å². The summed E-state index contributed by atoms with van der Waals surface area (Å²) in [5.74, 6) is -0.140. The van der Waals surface area contributed by atoms with Crippen molar-refractivity contribution in [3.05, 3.63) is 69.8 Å². The number of rotatable bonds is 8. The van der Waals surface area contributed by atoms with Crippen LogP contribution >= 0.6 is 0 Å². The number of carbonyl (C=O) groups is 1. The highest BCUT2D eigenvalue weighted by atomic mass is 32.2. The predicted octanol–water partition coefficient (Wildman–Crippen LogP) is 3.02. The summed E-state index contributed by atoms with van der Waals surface area (Å²) in [5.41, 5.74) is 1.68. The fourth-order valence-electron chi connectivity index (χ4n) is 3.36. The molecule has 1 aliphatic heterocycles. The molecule has 1 fully saturated rings. The number of nitrogens with zero attached hydrogens (tertiary/aromatic N) is 2. The van der Waals surface area contributed by atoms with Crippen LogP contribution in [0, 0.1) is 10.1 Å². The van der Waals surface area contributed by atoms with Gasteiger partial charge in [0.1, 0.15) is 0 Å². The van der Waals surface area contributed by atoms with Crippen LogP contribution in [0.15, 0.2) is 53.4 Å². The lowest BCUT2D eigenvalue weighted by atomic mass is 10.1. The molecule has 0 saturated carbocycles. The first kappa shape index (κ1) is 21.9. The maximum absolute atomic E-state index is 12.7. The van der Waals surface area contributed by atoms with E-state index in [4.69, 9.17) is 0 Å². The van der Waals surface area contributed by atoms with Gasteiger partial charge in [-0.25, -0.2) is 8.42 Å². The Morgan fingerprint density at radius 1 is 0.967 bits per heavy atom. The molecule has 0 aliphatic carbocycles. The van der Waals surface area contributed by atoms with E-state index in [0.717, 1.165) is 30.4 Å². The Kier molecular flexibility index (Phi) is 7.17. The van der Waals surface area contributed by atoms with Crippen LogP contribution in [0.1, 0.15) is 36.8 Å². The molecule has 0 radical (unpaired) electrons. The van der Waals surface area contributed by atoms with Crippen LogP contribution in [0.4, 0.5) is 5.69 Å². The molecule has 1 saturated heterocycles. The van der Waals surface area contributed by atoms with Crippen molar-refractivity contribution >= 4 is 21.6 Å². The van der Waals surface area contributed by atoms with Crippen LogP contribution in [-0.2, 0) is 27.8 Å². The van der Waals surface area contributed by atoms with Crippen molar-refractivity contribution in [2.75, 3.05) is 13.1 Å². The number of non-ortho nitro benzene ring substituents is 1. The topological polar surface area (TPSA) is 110 Å². The van der Waals surface area contributed by atoms with Crippen LogP contribution in [0.2, 0.25) is 0 Å².